The Bertz CT molecular complexity index is 847. The van der Waals surface area contributed by atoms with Crippen LogP contribution in [0, 0.1) is 6.92 Å². The maximum Gasteiger partial charge on any atom is 0.338 e. The van der Waals surface area contributed by atoms with Gasteiger partial charge in [0.25, 0.3) is 0 Å². The molecule has 2 N–H and O–H groups in total. The van der Waals surface area contributed by atoms with Crippen molar-refractivity contribution in [1.29, 1.82) is 0 Å². The zero-order chi connectivity index (χ0) is 20.5. The molecule has 0 atom stereocenters. The maximum atomic E-state index is 12.0. The largest absolute Gasteiger partial charge is 0.462 e. The maximum absolute atomic E-state index is 12.0. The summed E-state index contributed by atoms with van der Waals surface area (Å²) in [6.07, 6.45) is 0. The van der Waals surface area contributed by atoms with Crippen LogP contribution >= 0.6 is 47.2 Å². The van der Waals surface area contributed by atoms with Crippen molar-refractivity contribution in [1.82, 2.24) is 5.32 Å². The number of hydrogen-bond acceptors (Lipinski definition) is 4. The zero-order valence-corrected chi connectivity index (χ0v) is 18.8. The average molecular weight is 457 g/mol. The Kier molecular flexibility index (Phi) is 9.38. The molecule has 150 valence electrons. The molecule has 2 rings (SSSR count). The van der Waals surface area contributed by atoms with E-state index >= 15 is 0 Å². The van der Waals surface area contributed by atoms with Crippen LogP contribution in [0.4, 0.5) is 5.69 Å². The minimum atomic E-state index is -0.332. The highest BCUT2D eigenvalue weighted by atomic mass is 35.5. The topological polar surface area (TPSA) is 50.4 Å². The summed E-state index contributed by atoms with van der Waals surface area (Å²) in [6, 6.07) is 11.1. The Morgan fingerprint density at radius 2 is 2.00 bits per heavy atom. The van der Waals surface area contributed by atoms with Crippen molar-refractivity contribution in [2.75, 3.05) is 24.2 Å². The molecule has 0 amide bonds. The van der Waals surface area contributed by atoms with Gasteiger partial charge in [-0.2, -0.15) is 11.8 Å². The fourth-order valence-corrected chi connectivity index (χ4v) is 3.76. The number of benzene rings is 2. The molecule has 0 fully saturated rings. The van der Waals surface area contributed by atoms with Crippen LogP contribution in [0.3, 0.4) is 0 Å². The van der Waals surface area contributed by atoms with E-state index in [4.69, 9.17) is 40.2 Å². The van der Waals surface area contributed by atoms with Gasteiger partial charge in [-0.3, -0.25) is 0 Å². The van der Waals surface area contributed by atoms with Gasteiger partial charge in [0.2, 0.25) is 0 Å². The minimum Gasteiger partial charge on any atom is -0.462 e. The monoisotopic (exact) mass is 456 g/mol. The molecule has 0 aliphatic rings. The first-order valence-electron chi connectivity index (χ1n) is 8.75. The standard InChI is InChI=1S/C20H22Cl2N2O2S2/c1-3-26-19(25)15-5-4-6-18(13(15)2)24-20(27)23-9-10-28-12-14-7-8-16(21)17(22)11-14/h4-8,11H,3,9-10,12H2,1-2H3,(H2,23,24,27). The van der Waals surface area contributed by atoms with Gasteiger partial charge in [0.05, 0.1) is 22.2 Å². The highest BCUT2D eigenvalue weighted by molar-refractivity contribution is 7.98. The van der Waals surface area contributed by atoms with Crippen molar-refractivity contribution in [3.8, 4) is 0 Å². The van der Waals surface area contributed by atoms with E-state index in [9.17, 15) is 4.79 Å². The van der Waals surface area contributed by atoms with Gasteiger partial charge in [-0.25, -0.2) is 4.79 Å². The number of hydrogen-bond donors (Lipinski definition) is 2. The first kappa shape index (κ1) is 22.8. The predicted molar refractivity (Wildman–Crippen MR) is 124 cm³/mol. The van der Waals surface area contributed by atoms with Crippen molar-refractivity contribution in [2.45, 2.75) is 19.6 Å². The molecule has 0 unspecified atom stereocenters. The zero-order valence-electron chi connectivity index (χ0n) is 15.7. The fourth-order valence-electron chi connectivity index (χ4n) is 2.42. The quantitative estimate of drug-likeness (QED) is 0.301. The second kappa shape index (κ2) is 11.5. The van der Waals surface area contributed by atoms with E-state index < -0.39 is 0 Å². The Hall–Kier alpha value is -1.47. The highest BCUT2D eigenvalue weighted by Gasteiger charge is 2.13. The molecule has 0 aliphatic heterocycles. The number of thiocarbonyl (C=S) groups is 1. The molecular weight excluding hydrogens is 435 g/mol. The van der Waals surface area contributed by atoms with E-state index in [0.29, 0.717) is 33.9 Å². The molecule has 0 radical (unpaired) electrons. The van der Waals surface area contributed by atoms with Crippen LogP contribution in [-0.4, -0.2) is 30.0 Å². The number of ether oxygens (including phenoxy) is 1. The smallest absolute Gasteiger partial charge is 0.338 e. The molecule has 0 saturated carbocycles. The van der Waals surface area contributed by atoms with Crippen molar-refractivity contribution in [3.05, 3.63) is 63.1 Å². The first-order chi connectivity index (χ1) is 13.4. The SMILES string of the molecule is CCOC(=O)c1cccc(NC(=S)NCCSCc2ccc(Cl)c(Cl)c2)c1C. The van der Waals surface area contributed by atoms with Crippen molar-refractivity contribution < 1.29 is 9.53 Å². The number of thioether (sulfide) groups is 1. The molecule has 0 saturated heterocycles. The Morgan fingerprint density at radius 3 is 2.71 bits per heavy atom. The fraction of sp³-hybridized carbons (Fsp3) is 0.300. The normalized spacial score (nSPS) is 10.4. The summed E-state index contributed by atoms with van der Waals surface area (Å²) in [6.45, 7) is 4.71. The average Bonchev–Trinajstić information content (AvgIpc) is 2.66. The number of esters is 1. The lowest BCUT2D eigenvalue weighted by Crippen LogP contribution is -2.30. The second-order valence-corrected chi connectivity index (χ2v) is 8.21. The third-order valence-electron chi connectivity index (χ3n) is 3.86. The van der Waals surface area contributed by atoms with E-state index in [1.54, 1.807) is 30.8 Å². The Balaban J connectivity index is 1.77. The van der Waals surface area contributed by atoms with Crippen LogP contribution in [-0.2, 0) is 10.5 Å². The summed E-state index contributed by atoms with van der Waals surface area (Å²) in [4.78, 5) is 12.0. The summed E-state index contributed by atoms with van der Waals surface area (Å²) < 4.78 is 5.08. The number of rotatable bonds is 8. The lowest BCUT2D eigenvalue weighted by Gasteiger charge is -2.14. The van der Waals surface area contributed by atoms with E-state index in [0.717, 1.165) is 28.3 Å². The number of carbonyl (C=O) groups excluding carboxylic acids is 1. The van der Waals surface area contributed by atoms with E-state index in [2.05, 4.69) is 10.6 Å². The van der Waals surface area contributed by atoms with Crippen molar-refractivity contribution >= 4 is 64.0 Å². The first-order valence-corrected chi connectivity index (χ1v) is 11.1. The van der Waals surface area contributed by atoms with Gasteiger partial charge in [0.15, 0.2) is 5.11 Å². The molecule has 28 heavy (non-hydrogen) atoms. The molecule has 8 heteroatoms. The van der Waals surface area contributed by atoms with Crippen LogP contribution in [0.15, 0.2) is 36.4 Å². The van der Waals surface area contributed by atoms with Crippen LogP contribution in [0.2, 0.25) is 10.0 Å². The van der Waals surface area contributed by atoms with Crippen LogP contribution in [0.1, 0.15) is 28.4 Å². The summed E-state index contributed by atoms with van der Waals surface area (Å²) in [7, 11) is 0. The third kappa shape index (κ3) is 6.85. The summed E-state index contributed by atoms with van der Waals surface area (Å²) in [5, 5.41) is 7.97. The number of halogens is 2. The summed E-state index contributed by atoms with van der Waals surface area (Å²) in [5.41, 5.74) is 3.25. The van der Waals surface area contributed by atoms with Gasteiger partial charge in [0, 0.05) is 23.7 Å². The molecule has 0 spiro atoms. The molecule has 0 aliphatic carbocycles. The summed E-state index contributed by atoms with van der Waals surface area (Å²) >= 11 is 19.1. The lowest BCUT2D eigenvalue weighted by atomic mass is 10.1. The number of carbonyl (C=O) groups is 1. The van der Waals surface area contributed by atoms with Crippen LogP contribution < -0.4 is 10.6 Å². The van der Waals surface area contributed by atoms with E-state index in [1.165, 1.54) is 0 Å². The van der Waals surface area contributed by atoms with Gasteiger partial charge in [-0.05, 0) is 61.5 Å². The third-order valence-corrected chi connectivity index (χ3v) is 5.88. The minimum absolute atomic E-state index is 0.332. The van der Waals surface area contributed by atoms with E-state index in [-0.39, 0.29) is 5.97 Å². The van der Waals surface area contributed by atoms with Gasteiger partial charge in [-0.15, -0.1) is 0 Å². The molecule has 0 heterocycles. The Morgan fingerprint density at radius 1 is 1.21 bits per heavy atom. The molecule has 0 bridgehead atoms. The van der Waals surface area contributed by atoms with Gasteiger partial charge in [0.1, 0.15) is 0 Å². The van der Waals surface area contributed by atoms with E-state index in [1.807, 2.05) is 31.2 Å². The van der Waals surface area contributed by atoms with Crippen molar-refractivity contribution in [2.24, 2.45) is 0 Å². The summed E-state index contributed by atoms with van der Waals surface area (Å²) in [5.74, 6) is 1.39. The van der Waals surface area contributed by atoms with Crippen LogP contribution in [0.5, 0.6) is 0 Å². The molecule has 2 aromatic carbocycles. The predicted octanol–water partition coefficient (Wildman–Crippen LogP) is 5.70. The highest BCUT2D eigenvalue weighted by Crippen LogP contribution is 2.24. The van der Waals surface area contributed by atoms with Gasteiger partial charge in [-0.1, -0.05) is 35.3 Å². The number of nitrogens with one attached hydrogen (secondary N) is 2. The molecule has 2 aromatic rings. The Labute approximate surface area is 185 Å². The van der Waals surface area contributed by atoms with Crippen molar-refractivity contribution in [3.63, 3.8) is 0 Å². The van der Waals surface area contributed by atoms with Crippen LogP contribution in [0.25, 0.3) is 0 Å². The number of anilines is 1. The molecule has 4 nitrogen and oxygen atoms in total. The molecule has 0 aromatic heterocycles. The lowest BCUT2D eigenvalue weighted by molar-refractivity contribution is 0.0525. The second-order valence-electron chi connectivity index (χ2n) is 5.88. The molecular formula is C20H22Cl2N2O2S2. The van der Waals surface area contributed by atoms with Gasteiger partial charge >= 0.3 is 5.97 Å². The van der Waals surface area contributed by atoms with Gasteiger partial charge < -0.3 is 15.4 Å².